The molecular formula is C12H16N2O3. The molecule has 0 aromatic heterocycles. The fraction of sp³-hybridized carbons (Fsp3) is 0.750. The van der Waals surface area contributed by atoms with Crippen molar-refractivity contribution in [1.82, 2.24) is 10.2 Å². The first-order chi connectivity index (χ1) is 8.13. The standard InChI is InChI=1S/C12H16N2O3/c15-9-12(5-1-6-12)10(16)14(11(17)13-9)7-4-8-2-3-8/h8H,1-7H2,(H,13,15,17). The van der Waals surface area contributed by atoms with E-state index in [1.54, 1.807) is 0 Å². The van der Waals surface area contributed by atoms with Gasteiger partial charge in [0.15, 0.2) is 0 Å². The maximum Gasteiger partial charge on any atom is 0.330 e. The van der Waals surface area contributed by atoms with Crippen LogP contribution in [0.15, 0.2) is 0 Å². The van der Waals surface area contributed by atoms with Crippen molar-refractivity contribution < 1.29 is 14.4 Å². The number of barbiturate groups is 1. The SMILES string of the molecule is O=C1NC(=O)C2(CCC2)C(=O)N1CCC1CC1. The Hall–Kier alpha value is -1.39. The van der Waals surface area contributed by atoms with Crippen LogP contribution in [0.2, 0.25) is 0 Å². The van der Waals surface area contributed by atoms with E-state index in [-0.39, 0.29) is 11.8 Å². The lowest BCUT2D eigenvalue weighted by atomic mass is 9.66. The van der Waals surface area contributed by atoms with Gasteiger partial charge in [-0.3, -0.25) is 19.8 Å². The van der Waals surface area contributed by atoms with Gasteiger partial charge in [0.25, 0.3) is 0 Å². The summed E-state index contributed by atoms with van der Waals surface area (Å²) in [7, 11) is 0. The Balaban J connectivity index is 1.74. The molecule has 0 atom stereocenters. The van der Waals surface area contributed by atoms with Gasteiger partial charge >= 0.3 is 6.03 Å². The average molecular weight is 236 g/mol. The third-order valence-corrected chi connectivity index (χ3v) is 4.22. The summed E-state index contributed by atoms with van der Waals surface area (Å²) >= 11 is 0. The van der Waals surface area contributed by atoms with Gasteiger partial charge in [-0.2, -0.15) is 0 Å². The van der Waals surface area contributed by atoms with Crippen molar-refractivity contribution >= 4 is 17.8 Å². The average Bonchev–Trinajstić information content (AvgIpc) is 2.98. The Morgan fingerprint density at radius 1 is 1.24 bits per heavy atom. The van der Waals surface area contributed by atoms with E-state index in [0.29, 0.717) is 25.3 Å². The molecule has 0 radical (unpaired) electrons. The number of carbonyl (C=O) groups is 3. The Morgan fingerprint density at radius 3 is 2.47 bits per heavy atom. The minimum Gasteiger partial charge on any atom is -0.277 e. The Kier molecular flexibility index (Phi) is 2.24. The second-order valence-electron chi connectivity index (χ2n) is 5.38. The number of rotatable bonds is 3. The predicted octanol–water partition coefficient (Wildman–Crippen LogP) is 1.04. The van der Waals surface area contributed by atoms with Crippen LogP contribution in [0.1, 0.15) is 38.5 Å². The molecule has 4 amide bonds. The lowest BCUT2D eigenvalue weighted by molar-refractivity contribution is -0.157. The molecule has 1 spiro atoms. The number of carbonyl (C=O) groups excluding carboxylic acids is 3. The van der Waals surface area contributed by atoms with E-state index in [0.717, 1.165) is 12.8 Å². The third-order valence-electron chi connectivity index (χ3n) is 4.22. The maximum atomic E-state index is 12.2. The number of imide groups is 2. The molecule has 92 valence electrons. The summed E-state index contributed by atoms with van der Waals surface area (Å²) < 4.78 is 0. The third kappa shape index (κ3) is 1.56. The molecule has 3 rings (SSSR count). The molecular weight excluding hydrogens is 220 g/mol. The molecule has 2 aliphatic carbocycles. The number of amides is 4. The molecule has 1 saturated heterocycles. The van der Waals surface area contributed by atoms with Crippen molar-refractivity contribution in [1.29, 1.82) is 0 Å². The molecule has 0 aromatic rings. The second kappa shape index (κ2) is 3.55. The fourth-order valence-corrected chi connectivity index (χ4v) is 2.62. The summed E-state index contributed by atoms with van der Waals surface area (Å²) in [6, 6.07) is -0.529. The highest BCUT2D eigenvalue weighted by atomic mass is 16.2. The Bertz CT molecular complexity index is 397. The molecule has 0 aromatic carbocycles. The summed E-state index contributed by atoms with van der Waals surface area (Å²) in [5.74, 6) is 0.0186. The number of urea groups is 1. The molecule has 5 heteroatoms. The van der Waals surface area contributed by atoms with E-state index < -0.39 is 11.4 Å². The van der Waals surface area contributed by atoms with Gasteiger partial charge in [0.1, 0.15) is 5.41 Å². The quantitative estimate of drug-likeness (QED) is 0.744. The van der Waals surface area contributed by atoms with Crippen LogP contribution in [-0.2, 0) is 9.59 Å². The zero-order valence-corrected chi connectivity index (χ0v) is 9.70. The van der Waals surface area contributed by atoms with Crippen molar-refractivity contribution in [3.63, 3.8) is 0 Å². The molecule has 3 fully saturated rings. The molecule has 5 nitrogen and oxygen atoms in total. The number of hydrogen-bond donors (Lipinski definition) is 1. The summed E-state index contributed by atoms with van der Waals surface area (Å²) in [4.78, 5) is 36.9. The van der Waals surface area contributed by atoms with Gasteiger partial charge in [-0.1, -0.05) is 19.3 Å². The molecule has 0 bridgehead atoms. The van der Waals surface area contributed by atoms with Gasteiger partial charge in [0, 0.05) is 6.54 Å². The van der Waals surface area contributed by atoms with Crippen molar-refractivity contribution in [2.24, 2.45) is 11.3 Å². The highest BCUT2D eigenvalue weighted by molar-refractivity contribution is 6.19. The molecule has 2 saturated carbocycles. The highest BCUT2D eigenvalue weighted by Gasteiger charge is 2.57. The van der Waals surface area contributed by atoms with E-state index in [4.69, 9.17) is 0 Å². The van der Waals surface area contributed by atoms with Crippen molar-refractivity contribution in [3.05, 3.63) is 0 Å². The summed E-state index contributed by atoms with van der Waals surface area (Å²) in [6.45, 7) is 0.463. The monoisotopic (exact) mass is 236 g/mol. The van der Waals surface area contributed by atoms with Crippen LogP contribution in [0.25, 0.3) is 0 Å². The maximum absolute atomic E-state index is 12.2. The van der Waals surface area contributed by atoms with E-state index in [9.17, 15) is 14.4 Å². The Labute approximate surface area is 99.5 Å². The lowest BCUT2D eigenvalue weighted by Gasteiger charge is -2.44. The molecule has 1 N–H and O–H groups in total. The van der Waals surface area contributed by atoms with Gasteiger partial charge in [-0.25, -0.2) is 4.79 Å². The zero-order valence-electron chi connectivity index (χ0n) is 9.70. The van der Waals surface area contributed by atoms with Gasteiger partial charge in [-0.05, 0) is 25.2 Å². The van der Waals surface area contributed by atoms with Crippen LogP contribution in [-0.4, -0.2) is 29.3 Å². The van der Waals surface area contributed by atoms with Crippen LogP contribution < -0.4 is 5.32 Å². The van der Waals surface area contributed by atoms with Gasteiger partial charge < -0.3 is 0 Å². The van der Waals surface area contributed by atoms with Crippen molar-refractivity contribution in [2.45, 2.75) is 38.5 Å². The first kappa shape index (κ1) is 10.7. The summed E-state index contributed by atoms with van der Waals surface area (Å²) in [5, 5.41) is 2.32. The van der Waals surface area contributed by atoms with E-state index >= 15 is 0 Å². The molecule has 3 aliphatic rings. The van der Waals surface area contributed by atoms with E-state index in [1.807, 2.05) is 0 Å². The molecule has 0 unspecified atom stereocenters. The minimum absolute atomic E-state index is 0.266. The largest absolute Gasteiger partial charge is 0.330 e. The van der Waals surface area contributed by atoms with Crippen LogP contribution in [0.3, 0.4) is 0 Å². The van der Waals surface area contributed by atoms with Crippen molar-refractivity contribution in [2.75, 3.05) is 6.54 Å². The second-order valence-corrected chi connectivity index (χ2v) is 5.38. The fourth-order valence-electron chi connectivity index (χ4n) is 2.62. The van der Waals surface area contributed by atoms with Crippen LogP contribution >= 0.6 is 0 Å². The normalized spacial score (nSPS) is 27.1. The summed E-state index contributed by atoms with van der Waals surface area (Å²) in [6.07, 6.45) is 5.35. The minimum atomic E-state index is -0.905. The lowest BCUT2D eigenvalue weighted by Crippen LogP contribution is -2.66. The first-order valence-corrected chi connectivity index (χ1v) is 6.31. The van der Waals surface area contributed by atoms with Gasteiger partial charge in [0.05, 0.1) is 0 Å². The van der Waals surface area contributed by atoms with Crippen LogP contribution in [0, 0.1) is 11.3 Å². The first-order valence-electron chi connectivity index (χ1n) is 6.31. The number of nitrogens with zero attached hydrogens (tertiary/aromatic N) is 1. The molecule has 1 heterocycles. The van der Waals surface area contributed by atoms with Crippen LogP contribution in [0.4, 0.5) is 4.79 Å². The van der Waals surface area contributed by atoms with Gasteiger partial charge in [-0.15, -0.1) is 0 Å². The molecule has 1 aliphatic heterocycles. The van der Waals surface area contributed by atoms with E-state index in [1.165, 1.54) is 17.7 Å². The number of nitrogens with one attached hydrogen (secondary N) is 1. The van der Waals surface area contributed by atoms with E-state index in [2.05, 4.69) is 5.32 Å². The van der Waals surface area contributed by atoms with Crippen molar-refractivity contribution in [3.8, 4) is 0 Å². The summed E-state index contributed by atoms with van der Waals surface area (Å²) in [5.41, 5.74) is -0.905. The predicted molar refractivity (Wildman–Crippen MR) is 58.9 cm³/mol. The topological polar surface area (TPSA) is 66.5 Å². The highest BCUT2D eigenvalue weighted by Crippen LogP contribution is 2.44. The Morgan fingerprint density at radius 2 is 1.94 bits per heavy atom. The zero-order chi connectivity index (χ0) is 12.0. The van der Waals surface area contributed by atoms with Gasteiger partial charge in [0.2, 0.25) is 11.8 Å². The van der Waals surface area contributed by atoms with Crippen LogP contribution in [0.5, 0.6) is 0 Å². The smallest absolute Gasteiger partial charge is 0.277 e. The molecule has 17 heavy (non-hydrogen) atoms. The number of hydrogen-bond acceptors (Lipinski definition) is 3.